The predicted molar refractivity (Wildman–Crippen MR) is 126 cm³/mol. The number of hydrogen-bond donors (Lipinski definition) is 2. The van der Waals surface area contributed by atoms with Crippen LogP contribution in [0.4, 0.5) is 11.6 Å². The lowest BCUT2D eigenvalue weighted by Gasteiger charge is -2.35. The topological polar surface area (TPSA) is 84.1 Å². The van der Waals surface area contributed by atoms with Crippen LogP contribution < -0.4 is 16.0 Å². The van der Waals surface area contributed by atoms with Gasteiger partial charge in [-0.3, -0.25) is 4.79 Å². The average Bonchev–Trinajstić information content (AvgIpc) is 3.57. The Morgan fingerprint density at radius 1 is 1.29 bits per heavy atom. The van der Waals surface area contributed by atoms with E-state index in [4.69, 9.17) is 10.7 Å². The highest BCUT2D eigenvalue weighted by atomic mass is 16.1. The number of nitrogens with zero attached hydrogens (tertiary/aromatic N) is 3. The molecule has 1 aliphatic carbocycles. The molecule has 6 nitrogen and oxygen atoms in total. The first-order valence-electron chi connectivity index (χ1n) is 11.4. The van der Waals surface area contributed by atoms with Crippen LogP contribution in [-0.2, 0) is 0 Å². The number of nitrogen functional groups attached to an aromatic ring is 1. The summed E-state index contributed by atoms with van der Waals surface area (Å²) >= 11 is 0. The van der Waals surface area contributed by atoms with Gasteiger partial charge in [-0.15, -0.1) is 0 Å². The van der Waals surface area contributed by atoms with Crippen LogP contribution in [0.2, 0.25) is 0 Å². The lowest BCUT2D eigenvalue weighted by atomic mass is 9.98. The summed E-state index contributed by atoms with van der Waals surface area (Å²) in [7, 11) is 0. The van der Waals surface area contributed by atoms with Gasteiger partial charge in [-0.1, -0.05) is 19.9 Å². The molecule has 0 aromatic carbocycles. The van der Waals surface area contributed by atoms with Crippen LogP contribution in [0.3, 0.4) is 0 Å². The second-order valence-electron chi connectivity index (χ2n) is 9.24. The van der Waals surface area contributed by atoms with E-state index in [0.717, 1.165) is 43.0 Å². The molecule has 0 radical (unpaired) electrons. The van der Waals surface area contributed by atoms with Crippen molar-refractivity contribution in [2.24, 2.45) is 11.8 Å². The van der Waals surface area contributed by atoms with E-state index in [1.807, 2.05) is 0 Å². The van der Waals surface area contributed by atoms with E-state index in [9.17, 15) is 4.79 Å². The van der Waals surface area contributed by atoms with Crippen LogP contribution in [0.15, 0.2) is 36.5 Å². The first-order valence-corrected chi connectivity index (χ1v) is 11.4. The minimum absolute atomic E-state index is 0.167. The van der Waals surface area contributed by atoms with Crippen LogP contribution in [0.25, 0.3) is 5.57 Å². The molecule has 1 saturated carbocycles. The Labute approximate surface area is 185 Å². The summed E-state index contributed by atoms with van der Waals surface area (Å²) in [5.41, 5.74) is 8.89. The number of carbonyl (C=O) groups is 1. The smallest absolute Gasteiger partial charge is 0.215 e. The van der Waals surface area contributed by atoms with Crippen molar-refractivity contribution < 1.29 is 4.79 Å². The molecule has 164 valence electrons. The first-order chi connectivity index (χ1) is 14.9. The van der Waals surface area contributed by atoms with Crippen molar-refractivity contribution >= 4 is 23.0 Å². The third kappa shape index (κ3) is 5.13. The number of rotatable bonds is 7. The summed E-state index contributed by atoms with van der Waals surface area (Å²) in [6, 6.07) is 8.01. The van der Waals surface area contributed by atoms with Gasteiger partial charge in [0.2, 0.25) is 5.78 Å². The first kappa shape index (κ1) is 21.5. The van der Waals surface area contributed by atoms with Gasteiger partial charge in [-0.05, 0) is 67.9 Å². The highest BCUT2D eigenvalue weighted by molar-refractivity contribution is 6.12. The zero-order valence-electron chi connectivity index (χ0n) is 18.8. The number of pyridine rings is 2. The molecule has 0 spiro atoms. The van der Waals surface area contributed by atoms with E-state index in [1.54, 1.807) is 18.3 Å². The Morgan fingerprint density at radius 3 is 2.81 bits per heavy atom. The van der Waals surface area contributed by atoms with Gasteiger partial charge in [-0.25, -0.2) is 9.97 Å². The highest BCUT2D eigenvalue weighted by Crippen LogP contribution is 2.34. The average molecular weight is 420 g/mol. The van der Waals surface area contributed by atoms with Crippen molar-refractivity contribution in [1.29, 1.82) is 0 Å². The lowest BCUT2D eigenvalue weighted by Crippen LogP contribution is -2.51. The quantitative estimate of drug-likeness (QED) is 0.662. The maximum Gasteiger partial charge on any atom is 0.215 e. The van der Waals surface area contributed by atoms with Gasteiger partial charge in [-0.2, -0.15) is 0 Å². The lowest BCUT2D eigenvalue weighted by molar-refractivity contribution is 0.103. The Hall–Kier alpha value is -2.73. The maximum absolute atomic E-state index is 13.5. The summed E-state index contributed by atoms with van der Waals surface area (Å²) in [5.74, 6) is 2.18. The van der Waals surface area contributed by atoms with Gasteiger partial charge in [0.15, 0.2) is 0 Å². The standard InChI is InChI=1S/C25H33N5O/c1-16(2)13-19-15-30(12-11-27-19)22-9-8-20(17(3)14-18-6-7-18)23(29-22)24(31)21-5-4-10-28-25(21)26/h4-5,8-10,14,16,18-19,27H,6-7,11-13,15H2,1-3H3,(H2,26,28)/b17-14+/t19-/m0/s1. The number of anilines is 2. The summed E-state index contributed by atoms with van der Waals surface area (Å²) in [5, 5.41) is 3.61. The number of piperazine rings is 1. The third-order valence-electron chi connectivity index (χ3n) is 6.05. The number of nitrogens with one attached hydrogen (secondary N) is 1. The van der Waals surface area contributed by atoms with Crippen LogP contribution in [0, 0.1) is 11.8 Å². The van der Waals surface area contributed by atoms with Crippen molar-refractivity contribution in [1.82, 2.24) is 15.3 Å². The zero-order valence-corrected chi connectivity index (χ0v) is 18.8. The highest BCUT2D eigenvalue weighted by Gasteiger charge is 2.26. The monoisotopic (exact) mass is 419 g/mol. The van der Waals surface area contributed by atoms with Gasteiger partial charge in [0.1, 0.15) is 17.3 Å². The zero-order chi connectivity index (χ0) is 22.0. The van der Waals surface area contributed by atoms with E-state index in [1.165, 1.54) is 12.8 Å². The molecule has 3 N–H and O–H groups in total. The molecule has 1 aliphatic heterocycles. The van der Waals surface area contributed by atoms with E-state index < -0.39 is 0 Å². The molecule has 1 atom stereocenters. The Balaban J connectivity index is 1.70. The fraction of sp³-hybridized carbons (Fsp3) is 0.480. The summed E-state index contributed by atoms with van der Waals surface area (Å²) in [6.45, 7) is 9.25. The number of nitrogens with two attached hydrogens (primary N) is 1. The normalized spacial score (nSPS) is 19.7. The minimum Gasteiger partial charge on any atom is -0.383 e. The molecule has 31 heavy (non-hydrogen) atoms. The molecule has 1 saturated heterocycles. The van der Waals surface area contributed by atoms with Crippen LogP contribution in [0.5, 0.6) is 0 Å². The van der Waals surface area contributed by atoms with E-state index >= 15 is 0 Å². The molecule has 0 amide bonds. The van der Waals surface area contributed by atoms with E-state index in [2.05, 4.69) is 54.2 Å². The molecule has 3 heterocycles. The molecule has 2 aromatic heterocycles. The molecular weight excluding hydrogens is 386 g/mol. The van der Waals surface area contributed by atoms with Crippen LogP contribution in [0.1, 0.15) is 61.6 Å². The van der Waals surface area contributed by atoms with Gasteiger partial charge in [0.25, 0.3) is 0 Å². The van der Waals surface area contributed by atoms with Crippen molar-refractivity contribution in [2.45, 2.75) is 46.1 Å². The molecule has 0 unspecified atom stereocenters. The van der Waals surface area contributed by atoms with Crippen molar-refractivity contribution in [3.63, 3.8) is 0 Å². The number of hydrogen-bond acceptors (Lipinski definition) is 6. The van der Waals surface area contributed by atoms with Crippen molar-refractivity contribution in [2.75, 3.05) is 30.3 Å². The van der Waals surface area contributed by atoms with Gasteiger partial charge in [0, 0.05) is 37.4 Å². The fourth-order valence-electron chi connectivity index (χ4n) is 4.32. The molecule has 6 heteroatoms. The number of allylic oxidation sites excluding steroid dienone is 2. The van der Waals surface area contributed by atoms with E-state index in [-0.39, 0.29) is 11.6 Å². The molecule has 2 aromatic rings. The van der Waals surface area contributed by atoms with Crippen LogP contribution >= 0.6 is 0 Å². The number of ketones is 1. The van der Waals surface area contributed by atoms with Gasteiger partial charge >= 0.3 is 0 Å². The van der Waals surface area contributed by atoms with E-state index in [0.29, 0.717) is 29.1 Å². The second-order valence-corrected chi connectivity index (χ2v) is 9.24. The van der Waals surface area contributed by atoms with Crippen molar-refractivity contribution in [3.05, 3.63) is 53.4 Å². The summed E-state index contributed by atoms with van der Waals surface area (Å²) < 4.78 is 0. The van der Waals surface area contributed by atoms with Gasteiger partial charge < -0.3 is 16.0 Å². The Morgan fingerprint density at radius 2 is 2.10 bits per heavy atom. The SMILES string of the molecule is C/C(=C\C1CC1)c1ccc(N2CCN[C@@H](CC(C)C)C2)nc1C(=O)c1cccnc1N. The maximum atomic E-state index is 13.5. The molecular formula is C25H33N5O. The summed E-state index contributed by atoms with van der Waals surface area (Å²) in [6.07, 6.45) is 7.43. The fourth-order valence-corrected chi connectivity index (χ4v) is 4.32. The minimum atomic E-state index is -0.167. The van der Waals surface area contributed by atoms with Crippen molar-refractivity contribution in [3.8, 4) is 0 Å². The molecule has 2 aliphatic rings. The Bertz CT molecular complexity index is 980. The summed E-state index contributed by atoms with van der Waals surface area (Å²) in [4.78, 5) is 24.8. The second kappa shape index (κ2) is 9.18. The molecule has 2 fully saturated rings. The molecule has 4 rings (SSSR count). The van der Waals surface area contributed by atoms with Gasteiger partial charge in [0.05, 0.1) is 5.56 Å². The largest absolute Gasteiger partial charge is 0.383 e. The Kier molecular flexibility index (Phi) is 6.37. The third-order valence-corrected chi connectivity index (χ3v) is 6.05. The number of carbonyl (C=O) groups excluding carboxylic acids is 1. The predicted octanol–water partition coefficient (Wildman–Crippen LogP) is 3.93. The molecule has 0 bridgehead atoms. The van der Waals surface area contributed by atoms with Crippen LogP contribution in [-0.4, -0.2) is 41.4 Å². The number of aromatic nitrogens is 2.